The maximum atomic E-state index is 12.5. The zero-order valence-corrected chi connectivity index (χ0v) is 14.1. The van der Waals surface area contributed by atoms with Gasteiger partial charge in [0.1, 0.15) is 5.65 Å². The number of sulfonamides is 1. The first-order chi connectivity index (χ1) is 11.5. The molecule has 0 spiro atoms. The average molecular weight is 347 g/mol. The van der Waals surface area contributed by atoms with Crippen molar-refractivity contribution in [3.05, 3.63) is 48.3 Å². The van der Waals surface area contributed by atoms with Crippen molar-refractivity contribution in [1.82, 2.24) is 14.7 Å². The maximum Gasteiger partial charge on any atom is 0.241 e. The number of aromatic nitrogens is 2. The molecule has 126 valence electrons. The van der Waals surface area contributed by atoms with Gasteiger partial charge in [0.05, 0.1) is 19.1 Å². The number of fused-ring (bicyclic) bond motifs is 1. The third-order valence-corrected chi connectivity index (χ3v) is 5.07. The lowest BCUT2D eigenvalue weighted by Gasteiger charge is -2.11. The zero-order valence-electron chi connectivity index (χ0n) is 13.2. The van der Waals surface area contributed by atoms with Crippen molar-refractivity contribution < 1.29 is 17.9 Å². The highest BCUT2D eigenvalue weighted by atomic mass is 32.2. The van der Waals surface area contributed by atoms with Crippen LogP contribution in [0.15, 0.2) is 47.6 Å². The Morgan fingerprint density at radius 3 is 2.67 bits per heavy atom. The minimum absolute atomic E-state index is 0.111. The van der Waals surface area contributed by atoms with Crippen LogP contribution in [0.1, 0.15) is 5.56 Å². The number of hydrogen-bond acceptors (Lipinski definition) is 5. The molecule has 0 unspecified atom stereocenters. The number of pyridine rings is 1. The van der Waals surface area contributed by atoms with Crippen molar-refractivity contribution in [3.63, 3.8) is 0 Å². The highest BCUT2D eigenvalue weighted by Gasteiger charge is 2.17. The number of benzene rings is 1. The second-order valence-corrected chi connectivity index (χ2v) is 6.82. The van der Waals surface area contributed by atoms with Crippen LogP contribution in [0.4, 0.5) is 0 Å². The minimum atomic E-state index is -3.68. The second kappa shape index (κ2) is 6.50. The largest absolute Gasteiger partial charge is 0.493 e. The monoisotopic (exact) mass is 347 g/mol. The lowest BCUT2D eigenvalue weighted by molar-refractivity contribution is 0.354. The third-order valence-electron chi connectivity index (χ3n) is 3.67. The van der Waals surface area contributed by atoms with E-state index < -0.39 is 10.0 Å². The molecule has 0 atom stereocenters. The summed E-state index contributed by atoms with van der Waals surface area (Å²) >= 11 is 0. The summed E-state index contributed by atoms with van der Waals surface area (Å²) in [5.74, 6) is 0.830. The number of rotatable bonds is 6. The van der Waals surface area contributed by atoms with Crippen LogP contribution in [0, 0.1) is 0 Å². The predicted molar refractivity (Wildman–Crippen MR) is 89.7 cm³/mol. The van der Waals surface area contributed by atoms with Gasteiger partial charge in [0.2, 0.25) is 10.0 Å². The molecule has 0 aliphatic rings. The Labute approximate surface area is 139 Å². The van der Waals surface area contributed by atoms with E-state index in [-0.39, 0.29) is 11.4 Å². The van der Waals surface area contributed by atoms with Gasteiger partial charge < -0.3 is 14.5 Å². The Morgan fingerprint density at radius 1 is 1.12 bits per heavy atom. The predicted octanol–water partition coefficient (Wildman–Crippen LogP) is 2.06. The normalized spacial score (nSPS) is 11.6. The van der Waals surface area contributed by atoms with Gasteiger partial charge in [-0.3, -0.25) is 0 Å². The van der Waals surface area contributed by atoms with Gasteiger partial charge in [0.15, 0.2) is 11.5 Å². The van der Waals surface area contributed by atoms with Crippen molar-refractivity contribution in [1.29, 1.82) is 0 Å². The summed E-state index contributed by atoms with van der Waals surface area (Å²) in [5.41, 5.74) is 1.56. The van der Waals surface area contributed by atoms with Crippen molar-refractivity contribution in [2.24, 2.45) is 0 Å². The lowest BCUT2D eigenvalue weighted by atomic mass is 10.2. The number of H-pyrrole nitrogens is 1. The van der Waals surface area contributed by atoms with E-state index in [4.69, 9.17) is 9.47 Å². The fourth-order valence-electron chi connectivity index (χ4n) is 2.41. The van der Waals surface area contributed by atoms with Gasteiger partial charge in [-0.15, -0.1) is 0 Å². The molecule has 0 aliphatic carbocycles. The molecule has 2 heterocycles. The first kappa shape index (κ1) is 16.3. The van der Waals surface area contributed by atoms with Gasteiger partial charge in [-0.05, 0) is 29.8 Å². The fraction of sp³-hybridized carbons (Fsp3) is 0.188. The van der Waals surface area contributed by atoms with Crippen molar-refractivity contribution in [2.45, 2.75) is 11.4 Å². The van der Waals surface area contributed by atoms with E-state index in [0.29, 0.717) is 11.5 Å². The SMILES string of the molecule is COc1ccc(S(=O)(=O)NCc2ccnc3[nH]ccc23)cc1OC. The number of nitrogens with zero attached hydrogens (tertiary/aromatic N) is 1. The van der Waals surface area contributed by atoms with Crippen LogP contribution in [0.25, 0.3) is 11.0 Å². The van der Waals surface area contributed by atoms with Crippen LogP contribution in [-0.4, -0.2) is 32.6 Å². The summed E-state index contributed by atoms with van der Waals surface area (Å²) in [7, 11) is -0.728. The molecule has 8 heteroatoms. The first-order valence-electron chi connectivity index (χ1n) is 7.18. The molecule has 0 amide bonds. The topological polar surface area (TPSA) is 93.3 Å². The Morgan fingerprint density at radius 2 is 1.92 bits per heavy atom. The van der Waals surface area contributed by atoms with E-state index in [0.717, 1.165) is 16.6 Å². The van der Waals surface area contributed by atoms with Crippen LogP contribution in [0.3, 0.4) is 0 Å². The summed E-state index contributed by atoms with van der Waals surface area (Å²) in [6.45, 7) is 0.160. The molecule has 0 radical (unpaired) electrons. The first-order valence-corrected chi connectivity index (χ1v) is 8.66. The summed E-state index contributed by atoms with van der Waals surface area (Å²) in [4.78, 5) is 7.29. The number of methoxy groups -OCH3 is 2. The quantitative estimate of drug-likeness (QED) is 0.712. The van der Waals surface area contributed by atoms with E-state index in [1.165, 1.54) is 26.4 Å². The lowest BCUT2D eigenvalue weighted by Crippen LogP contribution is -2.23. The van der Waals surface area contributed by atoms with E-state index >= 15 is 0 Å². The van der Waals surface area contributed by atoms with Gasteiger partial charge in [-0.1, -0.05) is 0 Å². The molecule has 24 heavy (non-hydrogen) atoms. The van der Waals surface area contributed by atoms with Gasteiger partial charge in [-0.2, -0.15) is 0 Å². The highest BCUT2D eigenvalue weighted by molar-refractivity contribution is 7.89. The Balaban J connectivity index is 1.85. The van der Waals surface area contributed by atoms with E-state index in [1.807, 2.05) is 6.07 Å². The Kier molecular flexibility index (Phi) is 4.41. The number of aromatic amines is 1. The Bertz CT molecular complexity index is 966. The van der Waals surface area contributed by atoms with Crippen LogP contribution in [-0.2, 0) is 16.6 Å². The number of hydrogen-bond donors (Lipinski definition) is 2. The molecule has 0 saturated carbocycles. The van der Waals surface area contributed by atoms with Crippen molar-refractivity contribution >= 4 is 21.1 Å². The molecule has 2 N–H and O–H groups in total. The number of ether oxygens (including phenoxy) is 2. The van der Waals surface area contributed by atoms with Crippen LogP contribution >= 0.6 is 0 Å². The molecule has 3 aromatic rings. The summed E-state index contributed by atoms with van der Waals surface area (Å²) in [6.07, 6.45) is 3.41. The molecule has 0 saturated heterocycles. The third kappa shape index (κ3) is 3.06. The fourth-order valence-corrected chi connectivity index (χ4v) is 3.43. The molecular weight excluding hydrogens is 330 g/mol. The van der Waals surface area contributed by atoms with Crippen LogP contribution in [0.2, 0.25) is 0 Å². The molecule has 2 aromatic heterocycles. The summed E-state index contributed by atoms with van der Waals surface area (Å²) < 4.78 is 37.9. The summed E-state index contributed by atoms with van der Waals surface area (Å²) in [5, 5.41) is 0.882. The summed E-state index contributed by atoms with van der Waals surface area (Å²) in [6, 6.07) is 8.11. The second-order valence-electron chi connectivity index (χ2n) is 5.05. The van der Waals surface area contributed by atoms with Crippen LogP contribution < -0.4 is 14.2 Å². The van der Waals surface area contributed by atoms with Crippen LogP contribution in [0.5, 0.6) is 11.5 Å². The van der Waals surface area contributed by atoms with E-state index in [1.54, 1.807) is 24.5 Å². The highest BCUT2D eigenvalue weighted by Crippen LogP contribution is 2.29. The van der Waals surface area contributed by atoms with Gasteiger partial charge >= 0.3 is 0 Å². The average Bonchev–Trinajstić information content (AvgIpc) is 3.08. The molecular formula is C16H17N3O4S. The van der Waals surface area contributed by atoms with Crippen molar-refractivity contribution in [3.8, 4) is 11.5 Å². The maximum absolute atomic E-state index is 12.5. The van der Waals surface area contributed by atoms with Crippen molar-refractivity contribution in [2.75, 3.05) is 14.2 Å². The van der Waals surface area contributed by atoms with E-state index in [9.17, 15) is 8.42 Å². The standard InChI is InChI=1S/C16H17N3O4S/c1-22-14-4-3-12(9-15(14)23-2)24(20,21)19-10-11-5-7-17-16-13(11)6-8-18-16/h3-9,19H,10H2,1-2H3,(H,17,18). The zero-order chi connectivity index (χ0) is 17.2. The van der Waals surface area contributed by atoms with E-state index in [2.05, 4.69) is 14.7 Å². The number of nitrogens with one attached hydrogen (secondary N) is 2. The van der Waals surface area contributed by atoms with Gasteiger partial charge in [0, 0.05) is 30.4 Å². The molecule has 0 bridgehead atoms. The molecule has 0 fully saturated rings. The smallest absolute Gasteiger partial charge is 0.241 e. The Hall–Kier alpha value is -2.58. The minimum Gasteiger partial charge on any atom is -0.493 e. The molecule has 0 aliphatic heterocycles. The molecule has 3 rings (SSSR count). The molecule has 1 aromatic carbocycles. The van der Waals surface area contributed by atoms with Gasteiger partial charge in [-0.25, -0.2) is 18.1 Å². The van der Waals surface area contributed by atoms with Gasteiger partial charge in [0.25, 0.3) is 0 Å². The molecule has 7 nitrogen and oxygen atoms in total.